The Labute approximate surface area is 112 Å². The maximum atomic E-state index is 11.1. The topological polar surface area (TPSA) is 68.2 Å². The molecular formula is C15H20N2O2. The smallest absolute Gasteiger partial charge is 0.335 e. The highest BCUT2D eigenvalue weighted by atomic mass is 16.4. The van der Waals surface area contributed by atoms with E-state index in [4.69, 9.17) is 10.8 Å². The third-order valence-electron chi connectivity index (χ3n) is 3.55. The zero-order valence-corrected chi connectivity index (χ0v) is 11.4. The van der Waals surface area contributed by atoms with Crippen LogP contribution in [0.4, 0.5) is 0 Å². The molecule has 2 aromatic rings. The van der Waals surface area contributed by atoms with Gasteiger partial charge >= 0.3 is 5.97 Å². The molecular weight excluding hydrogens is 240 g/mol. The van der Waals surface area contributed by atoms with Gasteiger partial charge in [-0.3, -0.25) is 0 Å². The Balaban J connectivity index is 2.70. The zero-order valence-electron chi connectivity index (χ0n) is 11.4. The number of carbonyl (C=O) groups is 1. The van der Waals surface area contributed by atoms with Crippen molar-refractivity contribution in [2.24, 2.45) is 5.73 Å². The van der Waals surface area contributed by atoms with Crippen molar-refractivity contribution < 1.29 is 9.90 Å². The molecule has 0 unspecified atom stereocenters. The minimum Gasteiger partial charge on any atom is -0.478 e. The van der Waals surface area contributed by atoms with Gasteiger partial charge in [-0.2, -0.15) is 0 Å². The molecule has 4 heteroatoms. The Hall–Kier alpha value is -1.81. The highest BCUT2D eigenvalue weighted by molar-refractivity contribution is 5.95. The second kappa shape index (κ2) is 5.45. The molecule has 1 aromatic heterocycles. The highest BCUT2D eigenvalue weighted by Gasteiger charge is 2.14. The number of carboxylic acid groups (broad SMARTS) is 1. The highest BCUT2D eigenvalue weighted by Crippen LogP contribution is 2.28. The van der Waals surface area contributed by atoms with Crippen molar-refractivity contribution in [1.29, 1.82) is 0 Å². The lowest BCUT2D eigenvalue weighted by Gasteiger charge is -2.06. The van der Waals surface area contributed by atoms with Gasteiger partial charge in [0.1, 0.15) is 0 Å². The van der Waals surface area contributed by atoms with Crippen LogP contribution >= 0.6 is 0 Å². The minimum absolute atomic E-state index is 0.342. The van der Waals surface area contributed by atoms with Gasteiger partial charge in [0.25, 0.3) is 0 Å². The van der Waals surface area contributed by atoms with E-state index in [2.05, 4.69) is 18.4 Å². The van der Waals surface area contributed by atoms with Crippen molar-refractivity contribution in [3.8, 4) is 0 Å². The summed E-state index contributed by atoms with van der Waals surface area (Å²) < 4.78 is 2.19. The number of aromatic carboxylic acids is 1. The summed E-state index contributed by atoms with van der Waals surface area (Å²) in [6.07, 6.45) is 2.00. The fraction of sp³-hybridized carbons (Fsp3) is 0.400. The molecule has 0 aliphatic rings. The summed E-state index contributed by atoms with van der Waals surface area (Å²) in [6, 6.07) is 5.33. The van der Waals surface area contributed by atoms with Gasteiger partial charge in [-0.15, -0.1) is 0 Å². The van der Waals surface area contributed by atoms with Crippen LogP contribution in [-0.4, -0.2) is 22.2 Å². The van der Waals surface area contributed by atoms with E-state index in [1.165, 1.54) is 11.3 Å². The Morgan fingerprint density at radius 2 is 2.16 bits per heavy atom. The van der Waals surface area contributed by atoms with Crippen molar-refractivity contribution in [3.05, 3.63) is 35.0 Å². The van der Waals surface area contributed by atoms with Crippen LogP contribution < -0.4 is 5.73 Å². The standard InChI is InChI=1S/C15H20N2O2/c1-3-4-12-10(2)17(8-7-16)14-6-5-11(15(18)19)9-13(12)14/h5-6,9H,3-4,7-8,16H2,1-2H3,(H,18,19). The maximum absolute atomic E-state index is 11.1. The lowest BCUT2D eigenvalue weighted by molar-refractivity contribution is 0.0697. The molecule has 0 radical (unpaired) electrons. The van der Waals surface area contributed by atoms with E-state index in [1.54, 1.807) is 12.1 Å². The summed E-state index contributed by atoms with van der Waals surface area (Å²) in [6.45, 7) is 5.56. The Morgan fingerprint density at radius 3 is 2.74 bits per heavy atom. The van der Waals surface area contributed by atoms with Crippen molar-refractivity contribution in [3.63, 3.8) is 0 Å². The largest absolute Gasteiger partial charge is 0.478 e. The maximum Gasteiger partial charge on any atom is 0.335 e. The van der Waals surface area contributed by atoms with Gasteiger partial charge in [-0.25, -0.2) is 4.79 Å². The average Bonchev–Trinajstić information content (AvgIpc) is 2.64. The molecule has 0 bridgehead atoms. The molecule has 0 saturated carbocycles. The van der Waals surface area contributed by atoms with E-state index in [-0.39, 0.29) is 0 Å². The number of aryl methyl sites for hydroxylation is 1. The molecule has 1 aromatic carbocycles. The van der Waals surface area contributed by atoms with Crippen molar-refractivity contribution in [2.45, 2.75) is 33.2 Å². The predicted octanol–water partition coefficient (Wildman–Crippen LogP) is 2.56. The number of rotatable bonds is 5. The van der Waals surface area contributed by atoms with Crippen LogP contribution in [0, 0.1) is 6.92 Å². The molecule has 1 heterocycles. The van der Waals surface area contributed by atoms with Gasteiger partial charge in [-0.05, 0) is 37.1 Å². The van der Waals surface area contributed by atoms with E-state index in [0.717, 1.165) is 30.3 Å². The molecule has 0 fully saturated rings. The van der Waals surface area contributed by atoms with Crippen LogP contribution in [0.15, 0.2) is 18.2 Å². The average molecular weight is 260 g/mol. The number of benzene rings is 1. The number of fused-ring (bicyclic) bond motifs is 1. The van der Waals surface area contributed by atoms with Gasteiger partial charge in [0, 0.05) is 29.7 Å². The quantitative estimate of drug-likeness (QED) is 0.868. The van der Waals surface area contributed by atoms with Crippen LogP contribution in [0.2, 0.25) is 0 Å². The van der Waals surface area contributed by atoms with Crippen LogP contribution in [-0.2, 0) is 13.0 Å². The third-order valence-corrected chi connectivity index (χ3v) is 3.55. The van der Waals surface area contributed by atoms with Crippen LogP contribution in [0.1, 0.15) is 35.0 Å². The molecule has 0 amide bonds. The minimum atomic E-state index is -0.881. The Kier molecular flexibility index (Phi) is 3.90. The van der Waals surface area contributed by atoms with E-state index in [0.29, 0.717) is 12.1 Å². The van der Waals surface area contributed by atoms with Crippen LogP contribution in [0.25, 0.3) is 10.9 Å². The number of hydrogen-bond acceptors (Lipinski definition) is 2. The first-order valence-corrected chi connectivity index (χ1v) is 6.65. The molecule has 0 aliphatic carbocycles. The SMILES string of the molecule is CCCc1c(C)n(CCN)c2ccc(C(=O)O)cc12. The van der Waals surface area contributed by atoms with E-state index in [1.807, 2.05) is 6.07 Å². The second-order valence-electron chi connectivity index (χ2n) is 4.79. The summed E-state index contributed by atoms with van der Waals surface area (Å²) in [7, 11) is 0. The van der Waals surface area contributed by atoms with Crippen molar-refractivity contribution in [2.75, 3.05) is 6.54 Å². The lowest BCUT2D eigenvalue weighted by atomic mass is 10.0. The molecule has 2 rings (SSSR count). The number of hydrogen-bond donors (Lipinski definition) is 2. The van der Waals surface area contributed by atoms with Gasteiger partial charge in [0.15, 0.2) is 0 Å². The Bertz CT molecular complexity index is 614. The summed E-state index contributed by atoms with van der Waals surface area (Å²) >= 11 is 0. The second-order valence-corrected chi connectivity index (χ2v) is 4.79. The first-order chi connectivity index (χ1) is 9.10. The molecule has 0 saturated heterocycles. The number of carboxylic acids is 1. The summed E-state index contributed by atoms with van der Waals surface area (Å²) in [5.41, 5.74) is 9.53. The first-order valence-electron chi connectivity index (χ1n) is 6.65. The Morgan fingerprint density at radius 1 is 1.42 bits per heavy atom. The summed E-state index contributed by atoms with van der Waals surface area (Å²) in [4.78, 5) is 11.1. The number of nitrogens with zero attached hydrogens (tertiary/aromatic N) is 1. The molecule has 3 N–H and O–H groups in total. The van der Waals surface area contributed by atoms with E-state index < -0.39 is 5.97 Å². The molecule has 4 nitrogen and oxygen atoms in total. The van der Waals surface area contributed by atoms with E-state index >= 15 is 0 Å². The third kappa shape index (κ3) is 2.36. The van der Waals surface area contributed by atoms with Gasteiger partial charge in [0.2, 0.25) is 0 Å². The molecule has 0 spiro atoms. The fourth-order valence-electron chi connectivity index (χ4n) is 2.67. The van der Waals surface area contributed by atoms with Crippen LogP contribution in [0.5, 0.6) is 0 Å². The number of aromatic nitrogens is 1. The molecule has 0 aliphatic heterocycles. The predicted molar refractivity (Wildman–Crippen MR) is 76.7 cm³/mol. The van der Waals surface area contributed by atoms with Gasteiger partial charge in [-0.1, -0.05) is 13.3 Å². The normalized spacial score (nSPS) is 11.1. The van der Waals surface area contributed by atoms with Crippen LogP contribution in [0.3, 0.4) is 0 Å². The van der Waals surface area contributed by atoms with Crippen molar-refractivity contribution in [1.82, 2.24) is 4.57 Å². The fourth-order valence-corrected chi connectivity index (χ4v) is 2.67. The van der Waals surface area contributed by atoms with Crippen molar-refractivity contribution >= 4 is 16.9 Å². The van der Waals surface area contributed by atoms with Gasteiger partial charge < -0.3 is 15.4 Å². The van der Waals surface area contributed by atoms with Gasteiger partial charge in [0.05, 0.1) is 5.56 Å². The first kappa shape index (κ1) is 13.6. The lowest BCUT2D eigenvalue weighted by Crippen LogP contribution is -2.11. The monoisotopic (exact) mass is 260 g/mol. The summed E-state index contributed by atoms with van der Waals surface area (Å²) in [5, 5.41) is 10.2. The number of nitrogens with two attached hydrogens (primary N) is 1. The zero-order chi connectivity index (χ0) is 14.0. The molecule has 19 heavy (non-hydrogen) atoms. The molecule has 0 atom stereocenters. The summed E-state index contributed by atoms with van der Waals surface area (Å²) in [5.74, 6) is -0.881. The molecule has 102 valence electrons. The van der Waals surface area contributed by atoms with E-state index in [9.17, 15) is 4.79 Å².